The van der Waals surface area contributed by atoms with Crippen molar-refractivity contribution in [2.75, 3.05) is 33.4 Å². The molecular weight excluding hydrogens is 286 g/mol. The first kappa shape index (κ1) is 22.4. The number of rotatable bonds is 13. The van der Waals surface area contributed by atoms with E-state index in [1.165, 1.54) is 6.42 Å². The number of methoxy groups -OCH3 is 1. The molecule has 0 bridgehead atoms. The molecule has 4 nitrogen and oxygen atoms in total. The second-order valence-electron chi connectivity index (χ2n) is 8.07. The lowest BCUT2D eigenvalue weighted by Crippen LogP contribution is -2.54. The average molecular weight is 326 g/mol. The van der Waals surface area contributed by atoms with Crippen LogP contribution in [0.5, 0.6) is 0 Å². The zero-order valence-electron chi connectivity index (χ0n) is 16.4. The molecule has 0 rings (SSSR count). The Morgan fingerprint density at radius 2 is 1.70 bits per heavy atom. The van der Waals surface area contributed by atoms with E-state index in [1.54, 1.807) is 7.11 Å². The first-order valence-corrected chi connectivity index (χ1v) is 9.09. The van der Waals surface area contributed by atoms with Crippen molar-refractivity contribution in [2.45, 2.75) is 84.2 Å². The maximum absolute atomic E-state index is 8.55. The lowest BCUT2D eigenvalue weighted by Gasteiger charge is -2.41. The molecule has 0 aliphatic heterocycles. The van der Waals surface area contributed by atoms with Gasteiger partial charge < -0.3 is 10.1 Å². The van der Waals surface area contributed by atoms with Crippen LogP contribution in [-0.2, 0) is 4.74 Å². The quantitative estimate of drug-likeness (QED) is 0.521. The molecule has 0 heterocycles. The number of nitriles is 1. The summed E-state index contributed by atoms with van der Waals surface area (Å²) in [6, 6.07) is 2.21. The molecule has 0 spiro atoms. The number of unbranched alkanes of at least 4 members (excludes halogenated alkanes) is 4. The lowest BCUT2D eigenvalue weighted by atomic mass is 9.98. The van der Waals surface area contributed by atoms with Crippen molar-refractivity contribution in [1.29, 1.82) is 5.26 Å². The Labute approximate surface area is 144 Å². The summed E-state index contributed by atoms with van der Waals surface area (Å²) < 4.78 is 5.15. The van der Waals surface area contributed by atoms with Crippen molar-refractivity contribution < 1.29 is 4.74 Å². The van der Waals surface area contributed by atoms with Crippen LogP contribution >= 0.6 is 0 Å². The maximum Gasteiger partial charge on any atom is 0.0621 e. The summed E-state index contributed by atoms with van der Waals surface area (Å²) in [5.41, 5.74) is 0.280. The summed E-state index contributed by atoms with van der Waals surface area (Å²) in [4.78, 5) is 2.57. The molecule has 0 amide bonds. The molecule has 136 valence electrons. The van der Waals surface area contributed by atoms with E-state index < -0.39 is 0 Å². The fraction of sp³-hybridized carbons (Fsp3) is 0.947. The van der Waals surface area contributed by atoms with Crippen LogP contribution in [0.1, 0.15) is 73.1 Å². The Morgan fingerprint density at radius 1 is 1.00 bits per heavy atom. The molecular formula is C19H39N3O. The number of hydrogen-bond donors (Lipinski definition) is 1. The molecule has 0 aliphatic carbocycles. The van der Waals surface area contributed by atoms with Gasteiger partial charge in [-0.25, -0.2) is 0 Å². The fourth-order valence-electron chi connectivity index (χ4n) is 2.67. The summed E-state index contributed by atoms with van der Waals surface area (Å²) in [6.07, 6.45) is 6.28. The highest BCUT2D eigenvalue weighted by atomic mass is 16.5. The molecule has 1 N–H and O–H groups in total. The zero-order chi connectivity index (χ0) is 17.8. The number of nitrogens with one attached hydrogen (secondary N) is 1. The molecule has 0 fully saturated rings. The van der Waals surface area contributed by atoms with Gasteiger partial charge in [0.05, 0.1) is 6.07 Å². The second kappa shape index (κ2) is 11.8. The molecule has 0 radical (unpaired) electrons. The highest BCUT2D eigenvalue weighted by Crippen LogP contribution is 2.18. The molecule has 0 saturated carbocycles. The number of ether oxygens (including phenoxy) is 1. The van der Waals surface area contributed by atoms with Gasteiger partial charge in [-0.1, -0.05) is 6.42 Å². The first-order chi connectivity index (χ1) is 10.7. The Balaban J connectivity index is 4.22. The van der Waals surface area contributed by atoms with Crippen LogP contribution in [-0.4, -0.2) is 49.3 Å². The molecule has 0 atom stereocenters. The predicted octanol–water partition coefficient (Wildman–Crippen LogP) is 3.97. The van der Waals surface area contributed by atoms with Gasteiger partial charge in [-0.05, 0) is 73.4 Å². The van der Waals surface area contributed by atoms with E-state index in [0.29, 0.717) is 6.42 Å². The Hall–Kier alpha value is -0.630. The SMILES string of the molecule is COCCCCN(CC(C)(C)NCCCCCC#N)C(C)(C)C. The Bertz CT molecular complexity index is 328. The van der Waals surface area contributed by atoms with Crippen LogP contribution < -0.4 is 5.32 Å². The smallest absolute Gasteiger partial charge is 0.0621 e. The van der Waals surface area contributed by atoms with Crippen LogP contribution in [0, 0.1) is 11.3 Å². The number of hydrogen-bond acceptors (Lipinski definition) is 4. The van der Waals surface area contributed by atoms with E-state index in [-0.39, 0.29) is 11.1 Å². The van der Waals surface area contributed by atoms with Crippen molar-refractivity contribution in [3.05, 3.63) is 0 Å². The van der Waals surface area contributed by atoms with E-state index in [4.69, 9.17) is 10.00 Å². The van der Waals surface area contributed by atoms with Gasteiger partial charge in [0.25, 0.3) is 0 Å². The third-order valence-corrected chi connectivity index (χ3v) is 4.13. The molecule has 0 aromatic carbocycles. The van der Waals surface area contributed by atoms with Gasteiger partial charge in [-0.2, -0.15) is 5.26 Å². The predicted molar refractivity (Wildman–Crippen MR) is 98.6 cm³/mol. The van der Waals surface area contributed by atoms with Gasteiger partial charge in [0.15, 0.2) is 0 Å². The molecule has 0 aliphatic rings. The standard InChI is InChI=1S/C19H39N3O/c1-18(2,3)22(15-11-12-16-23-6)17-19(4,5)21-14-10-8-7-9-13-20/h21H,7-12,14-17H2,1-6H3. The summed E-state index contributed by atoms with van der Waals surface area (Å²) in [5.74, 6) is 0. The molecule has 0 aromatic rings. The average Bonchev–Trinajstić information content (AvgIpc) is 2.45. The molecule has 23 heavy (non-hydrogen) atoms. The Morgan fingerprint density at radius 3 is 2.26 bits per heavy atom. The van der Waals surface area contributed by atoms with Gasteiger partial charge in [0.2, 0.25) is 0 Å². The van der Waals surface area contributed by atoms with Crippen LogP contribution in [0.25, 0.3) is 0 Å². The van der Waals surface area contributed by atoms with E-state index in [1.807, 2.05) is 0 Å². The van der Waals surface area contributed by atoms with E-state index in [9.17, 15) is 0 Å². The van der Waals surface area contributed by atoms with Crippen molar-refractivity contribution >= 4 is 0 Å². The van der Waals surface area contributed by atoms with Crippen molar-refractivity contribution in [3.63, 3.8) is 0 Å². The van der Waals surface area contributed by atoms with Crippen LogP contribution in [0.15, 0.2) is 0 Å². The third kappa shape index (κ3) is 12.5. The highest BCUT2D eigenvalue weighted by molar-refractivity contribution is 4.87. The third-order valence-electron chi connectivity index (χ3n) is 4.13. The van der Waals surface area contributed by atoms with Crippen molar-refractivity contribution in [1.82, 2.24) is 10.2 Å². The Kier molecular flexibility index (Phi) is 11.5. The molecule has 0 unspecified atom stereocenters. The summed E-state index contributed by atoms with van der Waals surface area (Å²) in [5, 5.41) is 12.2. The van der Waals surface area contributed by atoms with Gasteiger partial charge in [0.1, 0.15) is 0 Å². The van der Waals surface area contributed by atoms with Gasteiger partial charge in [0, 0.05) is 37.8 Å². The minimum atomic E-state index is 0.101. The van der Waals surface area contributed by atoms with Gasteiger partial charge in [-0.3, -0.25) is 4.90 Å². The monoisotopic (exact) mass is 325 g/mol. The van der Waals surface area contributed by atoms with E-state index in [0.717, 1.165) is 51.9 Å². The van der Waals surface area contributed by atoms with E-state index >= 15 is 0 Å². The summed E-state index contributed by atoms with van der Waals surface area (Å²) in [6.45, 7) is 15.5. The van der Waals surface area contributed by atoms with E-state index in [2.05, 4.69) is 50.9 Å². The molecule has 4 heteroatoms. The fourth-order valence-corrected chi connectivity index (χ4v) is 2.67. The van der Waals surface area contributed by atoms with Crippen molar-refractivity contribution in [2.24, 2.45) is 0 Å². The van der Waals surface area contributed by atoms with Crippen LogP contribution in [0.2, 0.25) is 0 Å². The number of nitrogens with zero attached hydrogens (tertiary/aromatic N) is 2. The molecule has 0 saturated heterocycles. The van der Waals surface area contributed by atoms with Gasteiger partial charge in [-0.15, -0.1) is 0 Å². The largest absolute Gasteiger partial charge is 0.385 e. The topological polar surface area (TPSA) is 48.3 Å². The lowest BCUT2D eigenvalue weighted by molar-refractivity contribution is 0.0932. The van der Waals surface area contributed by atoms with Crippen LogP contribution in [0.4, 0.5) is 0 Å². The second-order valence-corrected chi connectivity index (χ2v) is 8.07. The van der Waals surface area contributed by atoms with Crippen LogP contribution in [0.3, 0.4) is 0 Å². The normalized spacial score (nSPS) is 12.6. The van der Waals surface area contributed by atoms with Crippen molar-refractivity contribution in [3.8, 4) is 6.07 Å². The summed E-state index contributed by atoms with van der Waals surface area (Å²) in [7, 11) is 1.77. The zero-order valence-corrected chi connectivity index (χ0v) is 16.4. The summed E-state index contributed by atoms with van der Waals surface area (Å²) >= 11 is 0. The van der Waals surface area contributed by atoms with Gasteiger partial charge >= 0.3 is 0 Å². The molecule has 0 aromatic heterocycles. The maximum atomic E-state index is 8.55. The highest BCUT2D eigenvalue weighted by Gasteiger charge is 2.27. The minimum absolute atomic E-state index is 0.101. The minimum Gasteiger partial charge on any atom is -0.385 e. The first-order valence-electron chi connectivity index (χ1n) is 9.09.